The fourth-order valence-corrected chi connectivity index (χ4v) is 3.93. The lowest BCUT2D eigenvalue weighted by Gasteiger charge is -2.30. The third kappa shape index (κ3) is 7.06. The van der Waals surface area contributed by atoms with E-state index in [1.54, 1.807) is 24.1 Å². The van der Waals surface area contributed by atoms with Gasteiger partial charge in [0.1, 0.15) is 17.6 Å². The van der Waals surface area contributed by atoms with Gasteiger partial charge in [0.05, 0.1) is 12.9 Å². The molecular formula is C23H29FN2O3S. The van der Waals surface area contributed by atoms with Gasteiger partial charge in [0.2, 0.25) is 11.8 Å². The van der Waals surface area contributed by atoms with Crippen molar-refractivity contribution in [3.05, 3.63) is 65.5 Å². The van der Waals surface area contributed by atoms with Crippen molar-refractivity contribution in [3.8, 4) is 5.75 Å². The summed E-state index contributed by atoms with van der Waals surface area (Å²) in [5.41, 5.74) is 1.88. The summed E-state index contributed by atoms with van der Waals surface area (Å²) in [6.45, 7) is 4.49. The van der Waals surface area contributed by atoms with E-state index in [1.807, 2.05) is 38.1 Å². The lowest BCUT2D eigenvalue weighted by Crippen LogP contribution is -2.49. The number of carbonyl (C=O) groups excluding carboxylic acids is 2. The number of nitrogens with zero attached hydrogens (tertiary/aromatic N) is 1. The molecule has 0 spiro atoms. The monoisotopic (exact) mass is 432 g/mol. The number of hydrogen-bond donors (Lipinski definition) is 1. The first-order chi connectivity index (χ1) is 14.5. The molecule has 0 aliphatic rings. The molecule has 2 rings (SSSR count). The summed E-state index contributed by atoms with van der Waals surface area (Å²) >= 11 is 1.50. The summed E-state index contributed by atoms with van der Waals surface area (Å²) in [7, 11) is 1.62. The highest BCUT2D eigenvalue weighted by molar-refractivity contribution is 7.99. The number of rotatable bonds is 11. The van der Waals surface area contributed by atoms with Crippen LogP contribution >= 0.6 is 11.8 Å². The second-order valence-corrected chi connectivity index (χ2v) is 7.79. The van der Waals surface area contributed by atoms with E-state index in [0.29, 0.717) is 18.7 Å². The molecule has 0 fully saturated rings. The van der Waals surface area contributed by atoms with Gasteiger partial charge in [-0.05, 0) is 48.7 Å². The van der Waals surface area contributed by atoms with Gasteiger partial charge in [-0.2, -0.15) is 0 Å². The zero-order valence-corrected chi connectivity index (χ0v) is 18.5. The minimum atomic E-state index is -0.566. The van der Waals surface area contributed by atoms with Crippen LogP contribution in [0.15, 0.2) is 48.5 Å². The van der Waals surface area contributed by atoms with Gasteiger partial charge in [0.15, 0.2) is 0 Å². The summed E-state index contributed by atoms with van der Waals surface area (Å²) in [4.78, 5) is 27.2. The van der Waals surface area contributed by atoms with Crippen molar-refractivity contribution in [3.63, 3.8) is 0 Å². The Morgan fingerprint density at radius 3 is 2.27 bits per heavy atom. The fraction of sp³-hybridized carbons (Fsp3) is 0.391. The molecule has 0 saturated heterocycles. The van der Waals surface area contributed by atoms with Gasteiger partial charge in [-0.15, -0.1) is 11.8 Å². The lowest BCUT2D eigenvalue weighted by molar-refractivity contribution is -0.139. The van der Waals surface area contributed by atoms with Crippen LogP contribution in [-0.4, -0.2) is 42.2 Å². The minimum absolute atomic E-state index is 0.115. The van der Waals surface area contributed by atoms with E-state index in [1.165, 1.54) is 23.9 Å². The van der Waals surface area contributed by atoms with E-state index in [4.69, 9.17) is 4.74 Å². The van der Waals surface area contributed by atoms with Crippen LogP contribution in [0.25, 0.3) is 0 Å². The maximum absolute atomic E-state index is 13.3. The Morgan fingerprint density at radius 1 is 1.07 bits per heavy atom. The van der Waals surface area contributed by atoms with Crippen molar-refractivity contribution in [2.24, 2.45) is 0 Å². The molecule has 1 atom stereocenters. The second kappa shape index (κ2) is 12.2. The number of hydrogen-bond acceptors (Lipinski definition) is 4. The second-order valence-electron chi connectivity index (χ2n) is 6.81. The first kappa shape index (κ1) is 23.7. The summed E-state index contributed by atoms with van der Waals surface area (Å²) in [5.74, 6) is 1.10. The number of halogens is 1. The number of carbonyl (C=O) groups is 2. The van der Waals surface area contributed by atoms with E-state index in [2.05, 4.69) is 5.32 Å². The maximum Gasteiger partial charge on any atom is 0.242 e. The maximum atomic E-state index is 13.3. The predicted octanol–water partition coefficient (Wildman–Crippen LogP) is 4.01. The quantitative estimate of drug-likeness (QED) is 0.583. The average molecular weight is 433 g/mol. The topological polar surface area (TPSA) is 58.6 Å². The van der Waals surface area contributed by atoms with Gasteiger partial charge in [-0.3, -0.25) is 9.59 Å². The van der Waals surface area contributed by atoms with Gasteiger partial charge in [0.25, 0.3) is 0 Å². The highest BCUT2D eigenvalue weighted by Crippen LogP contribution is 2.19. The molecule has 2 amide bonds. The number of methoxy groups -OCH3 is 1. The molecule has 1 N–H and O–H groups in total. The van der Waals surface area contributed by atoms with Gasteiger partial charge < -0.3 is 15.0 Å². The Balaban J connectivity index is 2.07. The number of thioether (sulfide) groups is 1. The smallest absolute Gasteiger partial charge is 0.242 e. The number of ether oxygens (including phenoxy) is 1. The Kier molecular flexibility index (Phi) is 9.67. The Morgan fingerprint density at radius 2 is 1.70 bits per heavy atom. The van der Waals surface area contributed by atoms with E-state index in [-0.39, 0.29) is 29.9 Å². The molecule has 2 aromatic rings. The number of benzene rings is 2. The SMILES string of the molecule is CCNC(=O)[C@@H](CC)N(Cc1ccc(F)cc1)C(=O)CSCc1ccc(OC)cc1. The molecule has 7 heteroatoms. The number of amides is 2. The van der Waals surface area contributed by atoms with Gasteiger partial charge in [-0.1, -0.05) is 31.2 Å². The van der Waals surface area contributed by atoms with E-state index < -0.39 is 6.04 Å². The highest BCUT2D eigenvalue weighted by atomic mass is 32.2. The van der Waals surface area contributed by atoms with Crippen molar-refractivity contribution in [1.29, 1.82) is 0 Å². The number of nitrogens with one attached hydrogen (secondary N) is 1. The normalized spacial score (nSPS) is 11.6. The zero-order chi connectivity index (χ0) is 21.9. The molecular weight excluding hydrogens is 403 g/mol. The summed E-state index contributed by atoms with van der Waals surface area (Å²) in [5, 5.41) is 2.81. The zero-order valence-electron chi connectivity index (χ0n) is 17.7. The Labute approximate surface area is 182 Å². The van der Waals surface area contributed by atoms with Crippen molar-refractivity contribution in [2.75, 3.05) is 19.4 Å². The Bertz CT molecular complexity index is 812. The third-order valence-corrected chi connectivity index (χ3v) is 5.64. The molecule has 0 aliphatic carbocycles. The molecule has 0 aromatic heterocycles. The van der Waals surface area contributed by atoms with Crippen LogP contribution in [-0.2, 0) is 21.9 Å². The van der Waals surface area contributed by atoms with Crippen LogP contribution in [0.5, 0.6) is 5.75 Å². The molecule has 0 saturated carbocycles. The molecule has 5 nitrogen and oxygen atoms in total. The summed E-state index contributed by atoms with van der Waals surface area (Å²) in [6.07, 6.45) is 0.502. The van der Waals surface area contributed by atoms with E-state index >= 15 is 0 Å². The largest absolute Gasteiger partial charge is 0.497 e. The van der Waals surface area contributed by atoms with E-state index in [0.717, 1.165) is 16.9 Å². The highest BCUT2D eigenvalue weighted by Gasteiger charge is 2.28. The average Bonchev–Trinajstić information content (AvgIpc) is 2.75. The van der Waals surface area contributed by atoms with Crippen LogP contribution in [0.2, 0.25) is 0 Å². The van der Waals surface area contributed by atoms with Crippen LogP contribution in [0, 0.1) is 5.82 Å². The molecule has 0 bridgehead atoms. The molecule has 0 heterocycles. The summed E-state index contributed by atoms with van der Waals surface area (Å²) < 4.78 is 18.4. The lowest BCUT2D eigenvalue weighted by atomic mass is 10.1. The predicted molar refractivity (Wildman–Crippen MR) is 119 cm³/mol. The van der Waals surface area contributed by atoms with Crippen molar-refractivity contribution < 1.29 is 18.7 Å². The standard InChI is InChI=1S/C23H29FN2O3S/c1-4-21(23(28)25-5-2)26(14-17-6-10-19(24)11-7-17)22(27)16-30-15-18-8-12-20(29-3)13-9-18/h6-13,21H,4-5,14-16H2,1-3H3,(H,25,28)/t21-/m1/s1. The fourth-order valence-electron chi connectivity index (χ4n) is 3.06. The number of likely N-dealkylation sites (N-methyl/N-ethyl adjacent to an activating group) is 1. The van der Waals surface area contributed by atoms with Crippen LogP contribution in [0.4, 0.5) is 4.39 Å². The first-order valence-electron chi connectivity index (χ1n) is 10.0. The first-order valence-corrected chi connectivity index (χ1v) is 11.2. The summed E-state index contributed by atoms with van der Waals surface area (Å²) in [6, 6.07) is 13.2. The minimum Gasteiger partial charge on any atom is -0.497 e. The molecule has 30 heavy (non-hydrogen) atoms. The van der Waals surface area contributed by atoms with Gasteiger partial charge in [0, 0.05) is 18.8 Å². The molecule has 0 aliphatic heterocycles. The molecule has 2 aromatic carbocycles. The van der Waals surface area contributed by atoms with Crippen molar-refractivity contribution in [2.45, 2.75) is 38.6 Å². The molecule has 162 valence electrons. The molecule has 0 radical (unpaired) electrons. The van der Waals surface area contributed by atoms with Crippen molar-refractivity contribution >= 4 is 23.6 Å². The van der Waals surface area contributed by atoms with Gasteiger partial charge in [-0.25, -0.2) is 4.39 Å². The Hall–Kier alpha value is -2.54. The van der Waals surface area contributed by atoms with Crippen LogP contribution in [0.3, 0.4) is 0 Å². The van der Waals surface area contributed by atoms with Crippen molar-refractivity contribution in [1.82, 2.24) is 10.2 Å². The van der Waals surface area contributed by atoms with Gasteiger partial charge >= 0.3 is 0 Å². The van der Waals surface area contributed by atoms with E-state index in [9.17, 15) is 14.0 Å². The van der Waals surface area contributed by atoms with Crippen LogP contribution < -0.4 is 10.1 Å². The van der Waals surface area contributed by atoms with Crippen LogP contribution in [0.1, 0.15) is 31.4 Å². The molecule has 0 unspecified atom stereocenters. The third-order valence-electron chi connectivity index (χ3n) is 4.66.